The van der Waals surface area contributed by atoms with Gasteiger partial charge in [0.2, 0.25) is 0 Å². The Kier molecular flexibility index (Phi) is 3.53. The van der Waals surface area contributed by atoms with Crippen LogP contribution in [0.15, 0.2) is 0 Å². The number of hydrogen-bond acceptors (Lipinski definition) is 4. The molecule has 0 spiro atoms. The lowest BCUT2D eigenvalue weighted by molar-refractivity contribution is -0.283. The zero-order valence-electron chi connectivity index (χ0n) is 9.12. The number of hydrogen-bond donors (Lipinski definition) is 2. The molecule has 1 aliphatic rings. The summed E-state index contributed by atoms with van der Waals surface area (Å²) in [7, 11) is 0. The third kappa shape index (κ3) is 2.92. The monoisotopic (exact) mass is 204 g/mol. The first kappa shape index (κ1) is 11.9. The van der Waals surface area contributed by atoms with Crippen molar-refractivity contribution < 1.29 is 19.7 Å². The molecule has 2 atom stereocenters. The molecule has 0 aromatic carbocycles. The van der Waals surface area contributed by atoms with Gasteiger partial charge >= 0.3 is 0 Å². The summed E-state index contributed by atoms with van der Waals surface area (Å²) in [4.78, 5) is 0. The molecule has 1 rings (SSSR count). The van der Waals surface area contributed by atoms with Crippen LogP contribution >= 0.6 is 0 Å². The van der Waals surface area contributed by atoms with Gasteiger partial charge in [-0.2, -0.15) is 0 Å². The zero-order valence-corrected chi connectivity index (χ0v) is 9.12. The molecular weight excluding hydrogens is 184 g/mol. The Labute approximate surface area is 84.8 Å². The number of ether oxygens (including phenoxy) is 2. The highest BCUT2D eigenvalue weighted by Crippen LogP contribution is 2.34. The molecule has 84 valence electrons. The van der Waals surface area contributed by atoms with Gasteiger partial charge in [0.1, 0.15) is 0 Å². The number of aliphatic hydroxyl groups is 2. The lowest BCUT2D eigenvalue weighted by Crippen LogP contribution is -2.36. The molecule has 0 aliphatic carbocycles. The van der Waals surface area contributed by atoms with Gasteiger partial charge in [0.25, 0.3) is 0 Å². The molecule has 2 unspecified atom stereocenters. The van der Waals surface area contributed by atoms with Crippen LogP contribution in [-0.4, -0.2) is 34.5 Å². The summed E-state index contributed by atoms with van der Waals surface area (Å²) in [5.74, 6) is -1.18. The SMILES string of the molecule is CCC1(CO)CCC(OC(C)(C)O)O1. The van der Waals surface area contributed by atoms with E-state index >= 15 is 0 Å². The van der Waals surface area contributed by atoms with Crippen molar-refractivity contribution in [2.75, 3.05) is 6.61 Å². The van der Waals surface area contributed by atoms with E-state index in [-0.39, 0.29) is 6.61 Å². The molecule has 1 saturated heterocycles. The van der Waals surface area contributed by atoms with Gasteiger partial charge < -0.3 is 19.7 Å². The van der Waals surface area contributed by atoms with Crippen molar-refractivity contribution in [2.45, 2.75) is 57.7 Å². The Bertz CT molecular complexity index is 181. The molecule has 2 N–H and O–H groups in total. The van der Waals surface area contributed by atoms with Gasteiger partial charge in [-0.3, -0.25) is 0 Å². The molecule has 0 aromatic heterocycles. The lowest BCUT2D eigenvalue weighted by atomic mass is 9.98. The summed E-state index contributed by atoms with van der Waals surface area (Å²) >= 11 is 0. The molecule has 4 nitrogen and oxygen atoms in total. The first-order valence-corrected chi connectivity index (χ1v) is 5.10. The van der Waals surface area contributed by atoms with Crippen molar-refractivity contribution in [1.29, 1.82) is 0 Å². The molecule has 0 radical (unpaired) electrons. The molecule has 1 aliphatic heterocycles. The molecule has 1 heterocycles. The van der Waals surface area contributed by atoms with Crippen molar-refractivity contribution >= 4 is 0 Å². The molecule has 0 amide bonds. The van der Waals surface area contributed by atoms with E-state index in [1.807, 2.05) is 6.92 Å². The number of aliphatic hydroxyl groups excluding tert-OH is 1. The first-order chi connectivity index (χ1) is 6.41. The van der Waals surface area contributed by atoms with Crippen molar-refractivity contribution in [3.63, 3.8) is 0 Å². The van der Waals surface area contributed by atoms with Crippen molar-refractivity contribution in [3.05, 3.63) is 0 Å². The summed E-state index contributed by atoms with van der Waals surface area (Å²) in [5.41, 5.74) is -0.462. The number of rotatable bonds is 4. The lowest BCUT2D eigenvalue weighted by Gasteiger charge is -2.28. The van der Waals surface area contributed by atoms with Gasteiger partial charge in [0.05, 0.1) is 12.2 Å². The summed E-state index contributed by atoms with van der Waals surface area (Å²) in [6.07, 6.45) is 1.86. The van der Waals surface area contributed by atoms with Crippen LogP contribution < -0.4 is 0 Å². The van der Waals surface area contributed by atoms with Crippen molar-refractivity contribution in [2.24, 2.45) is 0 Å². The van der Waals surface area contributed by atoms with E-state index in [2.05, 4.69) is 0 Å². The highest BCUT2D eigenvalue weighted by atomic mass is 16.7. The second-order valence-corrected chi connectivity index (χ2v) is 4.35. The minimum absolute atomic E-state index is 0.00914. The smallest absolute Gasteiger partial charge is 0.162 e. The van der Waals surface area contributed by atoms with Crippen LogP contribution in [-0.2, 0) is 9.47 Å². The topological polar surface area (TPSA) is 58.9 Å². The average molecular weight is 204 g/mol. The van der Waals surface area contributed by atoms with E-state index in [9.17, 15) is 10.2 Å². The maximum atomic E-state index is 9.43. The maximum absolute atomic E-state index is 9.43. The Hall–Kier alpha value is -0.160. The van der Waals surface area contributed by atoms with E-state index < -0.39 is 17.7 Å². The zero-order chi connectivity index (χ0) is 10.8. The summed E-state index contributed by atoms with van der Waals surface area (Å²) in [6, 6.07) is 0. The van der Waals surface area contributed by atoms with Crippen LogP contribution in [0.5, 0.6) is 0 Å². The highest BCUT2D eigenvalue weighted by Gasteiger charge is 2.40. The van der Waals surface area contributed by atoms with Crippen LogP contribution in [0, 0.1) is 0 Å². The average Bonchev–Trinajstić information content (AvgIpc) is 2.46. The van der Waals surface area contributed by atoms with Gasteiger partial charge in [-0.25, -0.2) is 0 Å². The standard InChI is InChI=1S/C10H20O4/c1-4-10(7-11)6-5-8(14-10)13-9(2,3)12/h8,11-12H,4-7H2,1-3H3. The third-order valence-corrected chi connectivity index (χ3v) is 2.57. The van der Waals surface area contributed by atoms with Crippen LogP contribution in [0.2, 0.25) is 0 Å². The third-order valence-electron chi connectivity index (χ3n) is 2.57. The predicted octanol–water partition coefficient (Wildman–Crippen LogP) is 1.01. The van der Waals surface area contributed by atoms with E-state index in [1.54, 1.807) is 13.8 Å². The van der Waals surface area contributed by atoms with Gasteiger partial charge in [-0.05, 0) is 26.7 Å². The maximum Gasteiger partial charge on any atom is 0.162 e. The summed E-state index contributed by atoms with van der Waals surface area (Å²) in [5, 5.41) is 18.6. The molecular formula is C10H20O4. The Balaban J connectivity index is 2.48. The van der Waals surface area contributed by atoms with Gasteiger partial charge in [-0.15, -0.1) is 0 Å². The van der Waals surface area contributed by atoms with E-state index in [1.165, 1.54) is 0 Å². The molecule has 0 aromatic rings. The second kappa shape index (κ2) is 4.14. The van der Waals surface area contributed by atoms with Gasteiger partial charge in [0, 0.05) is 6.42 Å². The quantitative estimate of drug-likeness (QED) is 0.671. The van der Waals surface area contributed by atoms with Gasteiger partial charge in [0.15, 0.2) is 12.1 Å². The van der Waals surface area contributed by atoms with Crippen LogP contribution in [0.1, 0.15) is 40.0 Å². The van der Waals surface area contributed by atoms with Crippen molar-refractivity contribution in [1.82, 2.24) is 0 Å². The molecule has 14 heavy (non-hydrogen) atoms. The largest absolute Gasteiger partial charge is 0.393 e. The van der Waals surface area contributed by atoms with Crippen LogP contribution in [0.3, 0.4) is 0 Å². The van der Waals surface area contributed by atoms with E-state index in [0.29, 0.717) is 0 Å². The highest BCUT2D eigenvalue weighted by molar-refractivity contribution is 4.85. The molecule has 1 fully saturated rings. The molecule has 4 heteroatoms. The fourth-order valence-electron chi connectivity index (χ4n) is 1.67. The normalized spacial score (nSPS) is 33.6. The Morgan fingerprint density at radius 3 is 2.57 bits per heavy atom. The predicted molar refractivity (Wildman–Crippen MR) is 51.6 cm³/mol. The fraction of sp³-hybridized carbons (Fsp3) is 1.00. The van der Waals surface area contributed by atoms with Crippen LogP contribution in [0.25, 0.3) is 0 Å². The van der Waals surface area contributed by atoms with Gasteiger partial charge in [-0.1, -0.05) is 6.92 Å². The van der Waals surface area contributed by atoms with Crippen molar-refractivity contribution in [3.8, 4) is 0 Å². The molecule has 0 saturated carbocycles. The van der Waals surface area contributed by atoms with E-state index in [4.69, 9.17) is 9.47 Å². The minimum Gasteiger partial charge on any atom is -0.393 e. The molecule has 0 bridgehead atoms. The Morgan fingerprint density at radius 2 is 2.21 bits per heavy atom. The summed E-state index contributed by atoms with van der Waals surface area (Å²) < 4.78 is 10.9. The fourth-order valence-corrected chi connectivity index (χ4v) is 1.67. The van der Waals surface area contributed by atoms with E-state index in [0.717, 1.165) is 19.3 Å². The second-order valence-electron chi connectivity index (χ2n) is 4.35. The van der Waals surface area contributed by atoms with Crippen LogP contribution in [0.4, 0.5) is 0 Å². The summed E-state index contributed by atoms with van der Waals surface area (Å²) in [6.45, 7) is 5.13. The minimum atomic E-state index is -1.18. The first-order valence-electron chi connectivity index (χ1n) is 5.10. The Morgan fingerprint density at radius 1 is 1.57 bits per heavy atom.